The van der Waals surface area contributed by atoms with E-state index in [2.05, 4.69) is 13.8 Å². The van der Waals surface area contributed by atoms with Gasteiger partial charge in [-0.05, 0) is 57.6 Å². The second-order valence-electron chi connectivity index (χ2n) is 11.0. The van der Waals surface area contributed by atoms with Crippen LogP contribution in [-0.2, 0) is 16.1 Å². The molecule has 38 heavy (non-hydrogen) atoms. The smallest absolute Gasteiger partial charge is 0.344 e. The van der Waals surface area contributed by atoms with Crippen molar-refractivity contribution in [2.75, 3.05) is 13.7 Å². The number of methoxy groups -OCH3 is 1. The Balaban J connectivity index is 1.47. The Kier molecular flexibility index (Phi) is 10.3. The van der Waals surface area contributed by atoms with Gasteiger partial charge in [-0.1, -0.05) is 51.3 Å². The first-order valence-electron chi connectivity index (χ1n) is 13.6. The summed E-state index contributed by atoms with van der Waals surface area (Å²) < 4.78 is 18.0. The van der Waals surface area contributed by atoms with Gasteiger partial charge in [0, 0.05) is 23.6 Å². The van der Waals surface area contributed by atoms with Crippen molar-refractivity contribution in [3.63, 3.8) is 0 Å². The summed E-state index contributed by atoms with van der Waals surface area (Å²) in [6, 6.07) is 10.4. The highest BCUT2D eigenvalue weighted by Crippen LogP contribution is 2.29. The predicted octanol–water partition coefficient (Wildman–Crippen LogP) is 6.59. The van der Waals surface area contributed by atoms with Crippen molar-refractivity contribution in [2.45, 2.75) is 79.2 Å². The normalized spacial score (nSPS) is 11.7. The van der Waals surface area contributed by atoms with Crippen molar-refractivity contribution >= 4 is 16.9 Å². The lowest BCUT2D eigenvalue weighted by molar-refractivity contribution is -0.154. The fourth-order valence-electron chi connectivity index (χ4n) is 4.39. The molecular formula is C31H41NO6. The molecule has 0 aliphatic carbocycles. The van der Waals surface area contributed by atoms with Crippen molar-refractivity contribution in [1.82, 2.24) is 4.57 Å². The van der Waals surface area contributed by atoms with Crippen molar-refractivity contribution in [1.29, 1.82) is 0 Å². The summed E-state index contributed by atoms with van der Waals surface area (Å²) in [4.78, 5) is 37.7. The number of carbonyl (C=O) groups is 1. The van der Waals surface area contributed by atoms with Crippen LogP contribution in [0.5, 0.6) is 5.75 Å². The lowest BCUT2D eigenvalue weighted by Crippen LogP contribution is -2.27. The molecule has 0 aliphatic rings. The number of esters is 1. The van der Waals surface area contributed by atoms with Crippen LogP contribution < -0.4 is 15.9 Å². The maximum Gasteiger partial charge on any atom is 0.344 e. The average molecular weight is 524 g/mol. The Bertz CT molecular complexity index is 1330. The third-order valence-electron chi connectivity index (χ3n) is 6.92. The number of unbranched alkanes of at least 4 members (excludes halogenated alkanes) is 4. The van der Waals surface area contributed by atoms with E-state index in [0.717, 1.165) is 44.9 Å². The SMILES string of the molecule is COc1ccccc1-c1cc2cc(=O)n(CCCCCCCOC(=O)C(C)(C)CCC(C)C)cc2oc1=O. The summed E-state index contributed by atoms with van der Waals surface area (Å²) in [6.45, 7) is 9.23. The van der Waals surface area contributed by atoms with Gasteiger partial charge in [0.15, 0.2) is 5.58 Å². The van der Waals surface area contributed by atoms with Gasteiger partial charge in [0.2, 0.25) is 0 Å². The first kappa shape index (κ1) is 29.2. The average Bonchev–Trinajstić information content (AvgIpc) is 2.89. The molecule has 0 bridgehead atoms. The van der Waals surface area contributed by atoms with E-state index in [1.807, 2.05) is 26.0 Å². The highest BCUT2D eigenvalue weighted by Gasteiger charge is 2.29. The zero-order valence-electron chi connectivity index (χ0n) is 23.4. The molecule has 0 aliphatic heterocycles. The topological polar surface area (TPSA) is 87.7 Å². The van der Waals surface area contributed by atoms with Gasteiger partial charge in [0.25, 0.3) is 5.56 Å². The molecule has 206 valence electrons. The standard InChI is InChI=1S/C31H41NO6/c1-22(2)15-16-31(3,4)30(35)37-18-12-8-6-7-11-17-32-21-27-23(20-28(32)33)19-25(29(34)38-27)24-13-9-10-14-26(24)36-5/h9-10,13-14,19-22H,6-8,11-12,15-18H2,1-5H3. The molecule has 3 rings (SSSR count). The molecule has 7 heteroatoms. The number of nitrogens with zero attached hydrogens (tertiary/aromatic N) is 1. The number of fused-ring (bicyclic) bond motifs is 1. The minimum Gasteiger partial charge on any atom is -0.496 e. The minimum absolute atomic E-state index is 0.115. The van der Waals surface area contributed by atoms with Crippen LogP contribution in [0, 0.1) is 11.3 Å². The first-order valence-corrected chi connectivity index (χ1v) is 13.6. The van der Waals surface area contributed by atoms with E-state index in [-0.39, 0.29) is 11.5 Å². The molecule has 0 amide bonds. The van der Waals surface area contributed by atoms with Crippen LogP contribution in [0.1, 0.15) is 72.6 Å². The molecule has 0 fully saturated rings. The highest BCUT2D eigenvalue weighted by molar-refractivity contribution is 5.82. The summed E-state index contributed by atoms with van der Waals surface area (Å²) in [7, 11) is 1.55. The van der Waals surface area contributed by atoms with Gasteiger partial charge in [0.05, 0.1) is 30.9 Å². The number of carbonyl (C=O) groups excluding carboxylic acids is 1. The Hall–Kier alpha value is -3.35. The second kappa shape index (κ2) is 13.4. The minimum atomic E-state index is -0.476. The third kappa shape index (κ3) is 7.83. The Labute approximate surface area is 224 Å². The number of hydrogen-bond acceptors (Lipinski definition) is 6. The number of hydrogen-bond donors (Lipinski definition) is 0. The molecule has 3 aromatic rings. The molecular weight excluding hydrogens is 482 g/mol. The highest BCUT2D eigenvalue weighted by atomic mass is 16.5. The Morgan fingerprint density at radius 3 is 2.45 bits per heavy atom. The van der Waals surface area contributed by atoms with Crippen LogP contribution >= 0.6 is 0 Å². The summed E-state index contributed by atoms with van der Waals surface area (Å²) in [5, 5.41) is 0.577. The summed E-state index contributed by atoms with van der Waals surface area (Å²) >= 11 is 0. The number of benzene rings is 1. The fourth-order valence-corrected chi connectivity index (χ4v) is 4.39. The summed E-state index contributed by atoms with van der Waals surface area (Å²) in [5.74, 6) is 1.02. The molecule has 0 saturated heterocycles. The van der Waals surface area contributed by atoms with Gasteiger partial charge in [-0.25, -0.2) is 4.79 Å². The number of ether oxygens (including phenoxy) is 2. The summed E-state index contributed by atoms with van der Waals surface area (Å²) in [5.41, 5.74) is 0.315. The molecule has 0 saturated carbocycles. The van der Waals surface area contributed by atoms with Crippen molar-refractivity contribution in [3.05, 3.63) is 63.4 Å². The number of pyridine rings is 1. The second-order valence-corrected chi connectivity index (χ2v) is 11.0. The number of aromatic nitrogens is 1. The predicted molar refractivity (Wildman–Crippen MR) is 151 cm³/mol. The molecule has 0 N–H and O–H groups in total. The quantitative estimate of drug-likeness (QED) is 0.175. The van der Waals surface area contributed by atoms with Gasteiger partial charge in [-0.3, -0.25) is 9.59 Å². The van der Waals surface area contributed by atoms with E-state index in [1.165, 1.54) is 6.07 Å². The van der Waals surface area contributed by atoms with Crippen LogP contribution in [0.4, 0.5) is 0 Å². The van der Waals surface area contributed by atoms with E-state index < -0.39 is 11.0 Å². The fraction of sp³-hybridized carbons (Fsp3) is 0.516. The molecule has 7 nitrogen and oxygen atoms in total. The van der Waals surface area contributed by atoms with E-state index in [0.29, 0.717) is 46.9 Å². The van der Waals surface area contributed by atoms with Crippen molar-refractivity contribution < 1.29 is 18.7 Å². The number of aryl methyl sites for hydroxylation is 1. The maximum atomic E-state index is 12.7. The molecule has 2 heterocycles. The maximum absolute atomic E-state index is 12.7. The largest absolute Gasteiger partial charge is 0.496 e. The van der Waals surface area contributed by atoms with Crippen molar-refractivity contribution in [2.24, 2.45) is 11.3 Å². The third-order valence-corrected chi connectivity index (χ3v) is 6.92. The van der Waals surface area contributed by atoms with Crippen LogP contribution in [-0.4, -0.2) is 24.3 Å². The van der Waals surface area contributed by atoms with Gasteiger partial charge in [0.1, 0.15) is 5.75 Å². The van der Waals surface area contributed by atoms with Crippen LogP contribution in [0.2, 0.25) is 0 Å². The summed E-state index contributed by atoms with van der Waals surface area (Å²) in [6.07, 6.45) is 8.04. The molecule has 1 aromatic carbocycles. The number of rotatable bonds is 14. The Morgan fingerprint density at radius 1 is 1.00 bits per heavy atom. The van der Waals surface area contributed by atoms with Gasteiger partial charge in [-0.2, -0.15) is 0 Å². The van der Waals surface area contributed by atoms with Crippen LogP contribution in [0.3, 0.4) is 0 Å². The van der Waals surface area contributed by atoms with Crippen LogP contribution in [0.15, 0.2) is 56.6 Å². The zero-order valence-corrected chi connectivity index (χ0v) is 23.4. The monoisotopic (exact) mass is 523 g/mol. The lowest BCUT2D eigenvalue weighted by atomic mass is 9.85. The molecule has 0 radical (unpaired) electrons. The number of para-hydroxylation sites is 1. The zero-order chi connectivity index (χ0) is 27.7. The lowest BCUT2D eigenvalue weighted by Gasteiger charge is -2.23. The van der Waals surface area contributed by atoms with E-state index in [1.54, 1.807) is 36.1 Å². The van der Waals surface area contributed by atoms with Crippen molar-refractivity contribution in [3.8, 4) is 16.9 Å². The van der Waals surface area contributed by atoms with Crippen LogP contribution in [0.25, 0.3) is 22.1 Å². The molecule has 2 aromatic heterocycles. The van der Waals surface area contributed by atoms with Gasteiger partial charge >= 0.3 is 11.6 Å². The van der Waals surface area contributed by atoms with Gasteiger partial charge in [-0.15, -0.1) is 0 Å². The van der Waals surface area contributed by atoms with E-state index in [4.69, 9.17) is 13.9 Å². The molecule has 0 atom stereocenters. The van der Waals surface area contributed by atoms with E-state index in [9.17, 15) is 14.4 Å². The molecule has 0 unspecified atom stereocenters. The van der Waals surface area contributed by atoms with E-state index >= 15 is 0 Å². The first-order chi connectivity index (χ1) is 18.1. The Morgan fingerprint density at radius 2 is 1.71 bits per heavy atom. The van der Waals surface area contributed by atoms with Gasteiger partial charge < -0.3 is 18.5 Å². The molecule has 0 spiro atoms.